The summed E-state index contributed by atoms with van der Waals surface area (Å²) in [5, 5.41) is 3.12. The van der Waals surface area contributed by atoms with Crippen LogP contribution in [0.2, 0.25) is 0 Å². The molecule has 110 valence electrons. The summed E-state index contributed by atoms with van der Waals surface area (Å²) in [6, 6.07) is 6.01. The van der Waals surface area contributed by atoms with Crippen molar-refractivity contribution in [3.63, 3.8) is 0 Å². The SMILES string of the molecule is CCC1COC(C)CN1C(=O)c1ccc(NC)c(C)c1. The summed E-state index contributed by atoms with van der Waals surface area (Å²) in [6.45, 7) is 7.43. The maximum Gasteiger partial charge on any atom is 0.254 e. The molecule has 1 aliphatic rings. The molecular weight excluding hydrogens is 252 g/mol. The van der Waals surface area contributed by atoms with Gasteiger partial charge in [0.1, 0.15) is 0 Å². The minimum Gasteiger partial charge on any atom is -0.388 e. The Bertz CT molecular complexity index is 487. The fourth-order valence-electron chi connectivity index (χ4n) is 2.67. The molecule has 0 aromatic heterocycles. The first-order valence-corrected chi connectivity index (χ1v) is 7.27. The molecule has 1 saturated heterocycles. The highest BCUT2D eigenvalue weighted by molar-refractivity contribution is 5.95. The molecule has 1 heterocycles. The fourth-order valence-corrected chi connectivity index (χ4v) is 2.67. The summed E-state index contributed by atoms with van der Waals surface area (Å²) in [7, 11) is 1.89. The lowest BCUT2D eigenvalue weighted by atomic mass is 10.1. The molecule has 1 fully saturated rings. The van der Waals surface area contributed by atoms with E-state index in [1.54, 1.807) is 0 Å². The molecule has 1 aromatic carbocycles. The molecule has 20 heavy (non-hydrogen) atoms. The van der Waals surface area contributed by atoms with Gasteiger partial charge in [0, 0.05) is 24.8 Å². The third-order valence-electron chi connectivity index (χ3n) is 3.94. The average molecular weight is 276 g/mol. The van der Waals surface area contributed by atoms with Crippen LogP contribution in [0.15, 0.2) is 18.2 Å². The Hall–Kier alpha value is -1.55. The van der Waals surface area contributed by atoms with Crippen LogP contribution in [0.5, 0.6) is 0 Å². The molecule has 0 radical (unpaired) electrons. The summed E-state index contributed by atoms with van der Waals surface area (Å²) in [5.41, 5.74) is 2.91. The van der Waals surface area contributed by atoms with Crippen molar-refractivity contribution in [1.29, 1.82) is 0 Å². The first kappa shape index (κ1) is 14.9. The van der Waals surface area contributed by atoms with Gasteiger partial charge in [-0.15, -0.1) is 0 Å². The molecule has 4 nitrogen and oxygen atoms in total. The van der Waals surface area contributed by atoms with E-state index in [9.17, 15) is 4.79 Å². The lowest BCUT2D eigenvalue weighted by molar-refractivity contribution is -0.0444. The molecule has 4 heteroatoms. The number of nitrogens with zero attached hydrogens (tertiary/aromatic N) is 1. The maximum atomic E-state index is 12.7. The van der Waals surface area contributed by atoms with Crippen molar-refractivity contribution in [3.05, 3.63) is 29.3 Å². The van der Waals surface area contributed by atoms with Crippen LogP contribution in [0.25, 0.3) is 0 Å². The first-order chi connectivity index (χ1) is 9.56. The molecule has 0 aliphatic carbocycles. The van der Waals surface area contributed by atoms with Gasteiger partial charge in [-0.05, 0) is 44.0 Å². The summed E-state index contributed by atoms with van der Waals surface area (Å²) in [5.74, 6) is 0.109. The van der Waals surface area contributed by atoms with E-state index in [1.807, 2.05) is 44.0 Å². The van der Waals surface area contributed by atoms with Gasteiger partial charge < -0.3 is 15.0 Å². The van der Waals surface area contributed by atoms with Crippen LogP contribution in [0, 0.1) is 6.92 Å². The van der Waals surface area contributed by atoms with Crippen molar-refractivity contribution < 1.29 is 9.53 Å². The minimum atomic E-state index is 0.109. The van der Waals surface area contributed by atoms with Crippen LogP contribution in [0.1, 0.15) is 36.2 Å². The van der Waals surface area contributed by atoms with Gasteiger partial charge in [-0.3, -0.25) is 4.79 Å². The zero-order chi connectivity index (χ0) is 14.7. The predicted octanol–water partition coefficient (Wildman–Crippen LogP) is 2.68. The molecule has 0 bridgehead atoms. The second-order valence-corrected chi connectivity index (χ2v) is 5.44. The van der Waals surface area contributed by atoms with Gasteiger partial charge in [0.2, 0.25) is 0 Å². The molecular formula is C16H24N2O2. The molecule has 0 spiro atoms. The van der Waals surface area contributed by atoms with Gasteiger partial charge in [-0.1, -0.05) is 6.92 Å². The standard InChI is InChI=1S/C16H24N2O2/c1-5-14-10-20-12(3)9-18(14)16(19)13-6-7-15(17-4)11(2)8-13/h6-8,12,14,17H,5,9-10H2,1-4H3. The second-order valence-electron chi connectivity index (χ2n) is 5.44. The van der Waals surface area contributed by atoms with Gasteiger partial charge in [-0.25, -0.2) is 0 Å². The number of hydrogen-bond acceptors (Lipinski definition) is 3. The number of carbonyl (C=O) groups is 1. The molecule has 2 rings (SSSR count). The molecule has 2 atom stereocenters. The van der Waals surface area contributed by atoms with E-state index < -0.39 is 0 Å². The zero-order valence-electron chi connectivity index (χ0n) is 12.8. The molecule has 0 saturated carbocycles. The van der Waals surface area contributed by atoms with E-state index in [-0.39, 0.29) is 18.1 Å². The lowest BCUT2D eigenvalue weighted by Gasteiger charge is -2.38. The van der Waals surface area contributed by atoms with Gasteiger partial charge in [0.05, 0.1) is 18.8 Å². The number of hydrogen-bond donors (Lipinski definition) is 1. The van der Waals surface area contributed by atoms with Crippen LogP contribution in [-0.4, -0.2) is 43.2 Å². The number of morpholine rings is 1. The van der Waals surface area contributed by atoms with Crippen LogP contribution in [-0.2, 0) is 4.74 Å². The Kier molecular flexibility index (Phi) is 4.65. The van der Waals surface area contributed by atoms with E-state index in [0.29, 0.717) is 13.2 Å². The number of ether oxygens (including phenoxy) is 1. The highest BCUT2D eigenvalue weighted by Crippen LogP contribution is 2.21. The van der Waals surface area contributed by atoms with E-state index in [4.69, 9.17) is 4.74 Å². The largest absolute Gasteiger partial charge is 0.388 e. The predicted molar refractivity (Wildman–Crippen MR) is 81.3 cm³/mol. The minimum absolute atomic E-state index is 0.109. The first-order valence-electron chi connectivity index (χ1n) is 7.27. The zero-order valence-corrected chi connectivity index (χ0v) is 12.8. The van der Waals surface area contributed by atoms with Crippen LogP contribution in [0.4, 0.5) is 5.69 Å². The Labute approximate surface area is 121 Å². The van der Waals surface area contributed by atoms with Crippen molar-refractivity contribution in [2.45, 2.75) is 39.3 Å². The van der Waals surface area contributed by atoms with Crippen LogP contribution in [0.3, 0.4) is 0 Å². The number of rotatable bonds is 3. The topological polar surface area (TPSA) is 41.6 Å². The second kappa shape index (κ2) is 6.27. The van der Waals surface area contributed by atoms with Crippen molar-refractivity contribution in [2.24, 2.45) is 0 Å². The van der Waals surface area contributed by atoms with Crippen molar-refractivity contribution in [1.82, 2.24) is 4.90 Å². The molecule has 2 unspecified atom stereocenters. The molecule has 1 aromatic rings. The Morgan fingerprint density at radius 1 is 1.50 bits per heavy atom. The van der Waals surface area contributed by atoms with Crippen LogP contribution >= 0.6 is 0 Å². The number of amides is 1. The molecule has 1 N–H and O–H groups in total. The summed E-state index contributed by atoms with van der Waals surface area (Å²) >= 11 is 0. The number of carbonyl (C=O) groups excluding carboxylic acids is 1. The van der Waals surface area contributed by atoms with Crippen LogP contribution < -0.4 is 5.32 Å². The highest BCUT2D eigenvalue weighted by Gasteiger charge is 2.30. The van der Waals surface area contributed by atoms with Crippen molar-refractivity contribution in [2.75, 3.05) is 25.5 Å². The maximum absolute atomic E-state index is 12.7. The smallest absolute Gasteiger partial charge is 0.254 e. The monoisotopic (exact) mass is 276 g/mol. The highest BCUT2D eigenvalue weighted by atomic mass is 16.5. The molecule has 1 amide bonds. The van der Waals surface area contributed by atoms with Gasteiger partial charge in [-0.2, -0.15) is 0 Å². The summed E-state index contributed by atoms with van der Waals surface area (Å²) in [6.07, 6.45) is 1.03. The quantitative estimate of drug-likeness (QED) is 0.923. The Balaban J connectivity index is 2.22. The van der Waals surface area contributed by atoms with E-state index in [0.717, 1.165) is 23.2 Å². The van der Waals surface area contributed by atoms with Crippen molar-refractivity contribution >= 4 is 11.6 Å². The Morgan fingerprint density at radius 3 is 2.85 bits per heavy atom. The molecule has 1 aliphatic heterocycles. The van der Waals surface area contributed by atoms with Crippen molar-refractivity contribution in [3.8, 4) is 0 Å². The number of benzene rings is 1. The number of anilines is 1. The summed E-state index contributed by atoms with van der Waals surface area (Å²) in [4.78, 5) is 14.7. The lowest BCUT2D eigenvalue weighted by Crippen LogP contribution is -2.51. The third kappa shape index (κ3) is 2.96. The Morgan fingerprint density at radius 2 is 2.25 bits per heavy atom. The van der Waals surface area contributed by atoms with E-state index in [1.165, 1.54) is 0 Å². The summed E-state index contributed by atoms with van der Waals surface area (Å²) < 4.78 is 5.65. The number of nitrogens with one attached hydrogen (secondary N) is 1. The van der Waals surface area contributed by atoms with Gasteiger partial charge >= 0.3 is 0 Å². The fraction of sp³-hybridized carbons (Fsp3) is 0.562. The van der Waals surface area contributed by atoms with E-state index in [2.05, 4.69) is 12.2 Å². The van der Waals surface area contributed by atoms with Gasteiger partial charge in [0.25, 0.3) is 5.91 Å². The van der Waals surface area contributed by atoms with E-state index >= 15 is 0 Å². The average Bonchev–Trinajstić information content (AvgIpc) is 2.46. The normalized spacial score (nSPS) is 22.7. The third-order valence-corrected chi connectivity index (χ3v) is 3.94. The van der Waals surface area contributed by atoms with Gasteiger partial charge in [0.15, 0.2) is 0 Å². The number of aryl methyl sites for hydroxylation is 1.